The molecule has 2 heterocycles. The van der Waals surface area contributed by atoms with E-state index in [0.717, 1.165) is 37.5 Å². The summed E-state index contributed by atoms with van der Waals surface area (Å²) in [6.07, 6.45) is 4.31. The number of primary amides is 1. The number of halogens is 2. The Morgan fingerprint density at radius 1 is 1.35 bits per heavy atom. The Labute approximate surface area is 141 Å². The third kappa shape index (κ3) is 3.36. The van der Waals surface area contributed by atoms with Crippen molar-refractivity contribution in [1.29, 1.82) is 0 Å². The molecule has 0 unspecified atom stereocenters. The second-order valence-corrected chi connectivity index (χ2v) is 6.44. The molecule has 0 atom stereocenters. The number of carbonyl (C=O) groups excluding carboxylic acids is 1. The third-order valence-electron chi connectivity index (χ3n) is 3.92. The van der Waals surface area contributed by atoms with Gasteiger partial charge in [-0.1, -0.05) is 22.4 Å². The number of nitrogens with one attached hydrogen (secondary N) is 1. The summed E-state index contributed by atoms with van der Waals surface area (Å²) < 4.78 is 16.6. The van der Waals surface area contributed by atoms with E-state index in [0.29, 0.717) is 16.7 Å². The molecule has 1 aliphatic rings. The monoisotopic (exact) mass is 381 g/mol. The predicted molar refractivity (Wildman–Crippen MR) is 87.5 cm³/mol. The van der Waals surface area contributed by atoms with Gasteiger partial charge in [-0.05, 0) is 25.0 Å². The number of anilines is 1. The highest BCUT2D eigenvalue weighted by molar-refractivity contribution is 9.10. The van der Waals surface area contributed by atoms with Gasteiger partial charge in [0.2, 0.25) is 0 Å². The highest BCUT2D eigenvalue weighted by Gasteiger charge is 2.18. The summed E-state index contributed by atoms with van der Waals surface area (Å²) in [6, 6.07) is 2.84. The predicted octanol–water partition coefficient (Wildman–Crippen LogP) is 2.62. The fraction of sp³-hybridized carbons (Fsp3) is 0.400. The van der Waals surface area contributed by atoms with Crippen LogP contribution in [-0.4, -0.2) is 20.7 Å². The summed E-state index contributed by atoms with van der Waals surface area (Å²) in [5.41, 5.74) is 5.47. The largest absolute Gasteiger partial charge is 0.377 e. The van der Waals surface area contributed by atoms with E-state index in [1.165, 1.54) is 12.5 Å². The number of nitrogens with two attached hydrogens (primary N) is 1. The molecule has 0 bridgehead atoms. The van der Waals surface area contributed by atoms with Crippen molar-refractivity contribution in [3.05, 3.63) is 39.6 Å². The van der Waals surface area contributed by atoms with Crippen molar-refractivity contribution in [2.45, 2.75) is 38.8 Å². The molecule has 0 aliphatic carbocycles. The van der Waals surface area contributed by atoms with Crippen molar-refractivity contribution in [1.82, 2.24) is 14.8 Å². The molecule has 1 aliphatic heterocycles. The summed E-state index contributed by atoms with van der Waals surface area (Å²) in [5.74, 6) is 0.291. The highest BCUT2D eigenvalue weighted by Crippen LogP contribution is 2.25. The SMILES string of the molecule is NC(=O)c1c(F)cc(Br)cc1NCc1nnc2n1CCCCC2. The van der Waals surface area contributed by atoms with Crippen molar-refractivity contribution in [2.75, 3.05) is 5.32 Å². The number of aromatic nitrogens is 3. The number of hydrogen-bond donors (Lipinski definition) is 2. The summed E-state index contributed by atoms with van der Waals surface area (Å²) in [4.78, 5) is 11.5. The third-order valence-corrected chi connectivity index (χ3v) is 4.38. The Morgan fingerprint density at radius 2 is 2.17 bits per heavy atom. The lowest BCUT2D eigenvalue weighted by Gasteiger charge is -2.12. The number of fused-ring (bicyclic) bond motifs is 1. The van der Waals surface area contributed by atoms with Crippen LogP contribution >= 0.6 is 15.9 Å². The minimum Gasteiger partial charge on any atom is -0.377 e. The van der Waals surface area contributed by atoms with Crippen molar-refractivity contribution in [2.24, 2.45) is 5.73 Å². The summed E-state index contributed by atoms with van der Waals surface area (Å²) >= 11 is 3.22. The first-order valence-corrected chi connectivity index (χ1v) is 8.29. The van der Waals surface area contributed by atoms with E-state index in [1.807, 2.05) is 0 Å². The van der Waals surface area contributed by atoms with Crippen molar-refractivity contribution < 1.29 is 9.18 Å². The van der Waals surface area contributed by atoms with Crippen LogP contribution in [0, 0.1) is 5.82 Å². The van der Waals surface area contributed by atoms with Gasteiger partial charge in [-0.2, -0.15) is 0 Å². The van der Waals surface area contributed by atoms with Gasteiger partial charge in [0, 0.05) is 17.4 Å². The lowest BCUT2D eigenvalue weighted by atomic mass is 10.1. The smallest absolute Gasteiger partial charge is 0.253 e. The fourth-order valence-electron chi connectivity index (χ4n) is 2.81. The first kappa shape index (κ1) is 15.9. The molecule has 8 heteroatoms. The molecule has 1 amide bonds. The number of benzene rings is 1. The van der Waals surface area contributed by atoms with Crippen molar-refractivity contribution in [3.63, 3.8) is 0 Å². The molecule has 0 saturated carbocycles. The Balaban J connectivity index is 1.84. The zero-order valence-corrected chi connectivity index (χ0v) is 14.1. The molecule has 0 saturated heterocycles. The quantitative estimate of drug-likeness (QED) is 0.851. The molecule has 0 radical (unpaired) electrons. The summed E-state index contributed by atoms with van der Waals surface area (Å²) in [6.45, 7) is 1.23. The molecule has 0 spiro atoms. The van der Waals surface area contributed by atoms with Crippen LogP contribution in [0.4, 0.5) is 10.1 Å². The first-order chi connectivity index (χ1) is 11.1. The zero-order chi connectivity index (χ0) is 16.4. The van der Waals surface area contributed by atoms with E-state index in [1.54, 1.807) is 6.07 Å². The van der Waals surface area contributed by atoms with Gasteiger partial charge >= 0.3 is 0 Å². The second kappa shape index (κ2) is 6.66. The average molecular weight is 382 g/mol. The molecule has 122 valence electrons. The molecule has 2 aromatic rings. The lowest BCUT2D eigenvalue weighted by Crippen LogP contribution is -2.17. The number of nitrogens with zero attached hydrogens (tertiary/aromatic N) is 3. The summed E-state index contributed by atoms with van der Waals surface area (Å²) in [5, 5.41) is 11.5. The number of aryl methyl sites for hydroxylation is 1. The van der Waals surface area contributed by atoms with E-state index in [-0.39, 0.29) is 5.56 Å². The Bertz CT molecular complexity index is 746. The van der Waals surface area contributed by atoms with Gasteiger partial charge in [0.05, 0.1) is 17.8 Å². The minimum atomic E-state index is -0.808. The number of rotatable bonds is 4. The van der Waals surface area contributed by atoms with Gasteiger partial charge < -0.3 is 15.6 Å². The van der Waals surface area contributed by atoms with E-state index in [2.05, 4.69) is 36.0 Å². The average Bonchev–Trinajstić information content (AvgIpc) is 2.71. The van der Waals surface area contributed by atoms with Crippen LogP contribution in [-0.2, 0) is 19.5 Å². The van der Waals surface area contributed by atoms with E-state index < -0.39 is 11.7 Å². The van der Waals surface area contributed by atoms with Crippen molar-refractivity contribution >= 4 is 27.5 Å². The highest BCUT2D eigenvalue weighted by atomic mass is 79.9. The van der Waals surface area contributed by atoms with E-state index >= 15 is 0 Å². The van der Waals surface area contributed by atoms with E-state index in [9.17, 15) is 9.18 Å². The number of hydrogen-bond acceptors (Lipinski definition) is 4. The zero-order valence-electron chi connectivity index (χ0n) is 12.5. The van der Waals surface area contributed by atoms with Crippen LogP contribution < -0.4 is 11.1 Å². The van der Waals surface area contributed by atoms with Crippen LogP contribution in [0.25, 0.3) is 0 Å². The topological polar surface area (TPSA) is 85.8 Å². The Morgan fingerprint density at radius 3 is 2.96 bits per heavy atom. The molecule has 1 aromatic carbocycles. The molecule has 0 fully saturated rings. The lowest BCUT2D eigenvalue weighted by molar-refractivity contribution is 0.0997. The van der Waals surface area contributed by atoms with Crippen LogP contribution in [0.3, 0.4) is 0 Å². The molecule has 6 nitrogen and oxygen atoms in total. The molecule has 1 aromatic heterocycles. The van der Waals surface area contributed by atoms with Crippen LogP contribution in [0.15, 0.2) is 16.6 Å². The first-order valence-electron chi connectivity index (χ1n) is 7.50. The fourth-order valence-corrected chi connectivity index (χ4v) is 3.24. The van der Waals surface area contributed by atoms with Crippen LogP contribution in [0.2, 0.25) is 0 Å². The minimum absolute atomic E-state index is 0.149. The number of carbonyl (C=O) groups is 1. The van der Waals surface area contributed by atoms with Gasteiger partial charge in [0.1, 0.15) is 11.6 Å². The molecule has 23 heavy (non-hydrogen) atoms. The van der Waals surface area contributed by atoms with Crippen LogP contribution in [0.1, 0.15) is 41.3 Å². The van der Waals surface area contributed by atoms with Gasteiger partial charge in [0.15, 0.2) is 5.82 Å². The standard InChI is InChI=1S/C15H17BrFN5O/c16-9-6-10(17)14(15(18)23)11(7-9)19-8-13-21-20-12-4-2-1-3-5-22(12)13/h6-7,19H,1-5,8H2,(H2,18,23). The van der Waals surface area contributed by atoms with E-state index in [4.69, 9.17) is 5.73 Å². The molecular weight excluding hydrogens is 365 g/mol. The number of amides is 1. The molecular formula is C15H17BrFN5O. The normalized spacial score (nSPS) is 14.2. The summed E-state index contributed by atoms with van der Waals surface area (Å²) in [7, 11) is 0. The van der Waals surface area contributed by atoms with Crippen LogP contribution in [0.5, 0.6) is 0 Å². The maximum Gasteiger partial charge on any atom is 0.253 e. The Kier molecular flexibility index (Phi) is 4.61. The van der Waals surface area contributed by atoms with Gasteiger partial charge in [-0.25, -0.2) is 4.39 Å². The van der Waals surface area contributed by atoms with Gasteiger partial charge in [0.25, 0.3) is 5.91 Å². The Hall–Kier alpha value is -1.96. The molecule has 3 rings (SSSR count). The maximum atomic E-state index is 14.0. The van der Waals surface area contributed by atoms with Crippen molar-refractivity contribution in [3.8, 4) is 0 Å². The second-order valence-electron chi connectivity index (χ2n) is 5.52. The van der Waals surface area contributed by atoms with Gasteiger partial charge in [-0.3, -0.25) is 4.79 Å². The van der Waals surface area contributed by atoms with Gasteiger partial charge in [-0.15, -0.1) is 10.2 Å². The maximum absolute atomic E-state index is 14.0. The molecule has 3 N–H and O–H groups in total.